The summed E-state index contributed by atoms with van der Waals surface area (Å²) < 4.78 is 0. The first-order valence-corrected chi connectivity index (χ1v) is 5.76. The molecule has 1 aliphatic rings. The van der Waals surface area contributed by atoms with Gasteiger partial charge in [-0.25, -0.2) is 4.79 Å². The number of nitrogens with one attached hydrogen (secondary N) is 1. The Balaban J connectivity index is 1.88. The van der Waals surface area contributed by atoms with Crippen molar-refractivity contribution in [2.24, 2.45) is 0 Å². The number of H-pyrrole nitrogens is 1. The largest absolute Gasteiger partial charge is 0.477 e. The molecule has 0 saturated heterocycles. The molecule has 1 aromatic carbocycles. The normalized spacial score (nSPS) is 14.8. The van der Waals surface area contributed by atoms with Crippen molar-refractivity contribution in [2.45, 2.75) is 18.8 Å². The van der Waals surface area contributed by atoms with Gasteiger partial charge < -0.3 is 10.1 Å². The van der Waals surface area contributed by atoms with Crippen molar-refractivity contribution >= 4 is 5.97 Å². The molecule has 0 spiro atoms. The van der Waals surface area contributed by atoms with E-state index < -0.39 is 5.97 Å². The predicted molar refractivity (Wildman–Crippen MR) is 65.2 cm³/mol. The Bertz CT molecular complexity index is 550. The maximum atomic E-state index is 10.8. The van der Waals surface area contributed by atoms with Crippen molar-refractivity contribution in [2.75, 3.05) is 0 Å². The smallest absolute Gasteiger partial charge is 0.352 e. The molecule has 3 rings (SSSR count). The summed E-state index contributed by atoms with van der Waals surface area (Å²) in [5.41, 5.74) is 3.50. The summed E-state index contributed by atoms with van der Waals surface area (Å²) in [5.74, 6) is -0.173. The monoisotopic (exact) mass is 227 g/mol. The summed E-state index contributed by atoms with van der Waals surface area (Å²) in [6.07, 6.45) is 2.59. The molecule has 3 nitrogen and oxygen atoms in total. The molecule has 0 unspecified atom stereocenters. The number of hydrogen-bond acceptors (Lipinski definition) is 1. The van der Waals surface area contributed by atoms with Crippen LogP contribution in [0.1, 0.15) is 34.8 Å². The SMILES string of the molecule is O=C(O)c1ccc(-c2ccc(C3CC3)cc2)[nH]1. The molecular weight excluding hydrogens is 214 g/mol. The Hall–Kier alpha value is -2.03. The molecule has 1 heterocycles. The van der Waals surface area contributed by atoms with Crippen LogP contribution < -0.4 is 0 Å². The summed E-state index contributed by atoms with van der Waals surface area (Å²) in [7, 11) is 0. The standard InChI is InChI=1S/C14H13NO2/c16-14(17)13-8-7-12(15-13)11-5-3-10(4-6-11)9-1-2-9/h3-9,15H,1-2H2,(H,16,17). The van der Waals surface area contributed by atoms with Gasteiger partial charge in [-0.15, -0.1) is 0 Å². The third-order valence-corrected chi connectivity index (χ3v) is 3.19. The molecule has 2 N–H and O–H groups in total. The van der Waals surface area contributed by atoms with Crippen LogP contribution in [0, 0.1) is 0 Å². The van der Waals surface area contributed by atoms with Crippen LogP contribution in [-0.4, -0.2) is 16.1 Å². The van der Waals surface area contributed by atoms with E-state index in [-0.39, 0.29) is 5.69 Å². The molecule has 17 heavy (non-hydrogen) atoms. The maximum absolute atomic E-state index is 10.8. The van der Waals surface area contributed by atoms with Gasteiger partial charge in [0.1, 0.15) is 5.69 Å². The van der Waals surface area contributed by atoms with Crippen molar-refractivity contribution in [3.8, 4) is 11.3 Å². The highest BCUT2D eigenvalue weighted by atomic mass is 16.4. The summed E-state index contributed by atoms with van der Waals surface area (Å²) in [6, 6.07) is 11.8. The zero-order valence-corrected chi connectivity index (χ0v) is 9.31. The highest BCUT2D eigenvalue weighted by Gasteiger charge is 2.23. The molecule has 2 aromatic rings. The van der Waals surface area contributed by atoms with Crippen molar-refractivity contribution in [3.63, 3.8) is 0 Å². The molecule has 1 fully saturated rings. The lowest BCUT2D eigenvalue weighted by molar-refractivity contribution is 0.0691. The van der Waals surface area contributed by atoms with Gasteiger partial charge in [-0.3, -0.25) is 0 Å². The van der Waals surface area contributed by atoms with Crippen molar-refractivity contribution in [1.29, 1.82) is 0 Å². The van der Waals surface area contributed by atoms with Crippen molar-refractivity contribution in [3.05, 3.63) is 47.7 Å². The molecule has 1 saturated carbocycles. The minimum atomic E-state index is -0.925. The van der Waals surface area contributed by atoms with Crippen LogP contribution in [0.4, 0.5) is 0 Å². The minimum absolute atomic E-state index is 0.228. The third kappa shape index (κ3) is 1.96. The zero-order valence-electron chi connectivity index (χ0n) is 9.31. The average Bonchev–Trinajstić information content (AvgIpc) is 3.06. The van der Waals surface area contributed by atoms with Crippen LogP contribution in [0.2, 0.25) is 0 Å². The van der Waals surface area contributed by atoms with E-state index >= 15 is 0 Å². The molecule has 86 valence electrons. The lowest BCUT2D eigenvalue weighted by Crippen LogP contribution is -1.95. The Morgan fingerprint density at radius 2 is 1.82 bits per heavy atom. The molecule has 0 amide bonds. The van der Waals surface area contributed by atoms with E-state index in [1.807, 2.05) is 12.1 Å². The zero-order chi connectivity index (χ0) is 11.8. The molecular formula is C14H13NO2. The summed E-state index contributed by atoms with van der Waals surface area (Å²) in [6.45, 7) is 0. The van der Waals surface area contributed by atoms with Crippen LogP contribution >= 0.6 is 0 Å². The molecule has 0 atom stereocenters. The van der Waals surface area contributed by atoms with E-state index in [1.54, 1.807) is 12.1 Å². The number of carbonyl (C=O) groups is 1. The van der Waals surface area contributed by atoms with Gasteiger partial charge in [0.15, 0.2) is 0 Å². The molecule has 0 radical (unpaired) electrons. The minimum Gasteiger partial charge on any atom is -0.477 e. The average molecular weight is 227 g/mol. The van der Waals surface area contributed by atoms with Gasteiger partial charge in [0.05, 0.1) is 0 Å². The maximum Gasteiger partial charge on any atom is 0.352 e. The van der Waals surface area contributed by atoms with Crippen molar-refractivity contribution in [1.82, 2.24) is 4.98 Å². The Kier molecular flexibility index (Phi) is 2.25. The second-order valence-corrected chi connectivity index (χ2v) is 4.49. The van der Waals surface area contributed by atoms with E-state index in [4.69, 9.17) is 5.11 Å². The van der Waals surface area contributed by atoms with Crippen LogP contribution in [0.15, 0.2) is 36.4 Å². The Morgan fingerprint density at radius 3 is 2.35 bits per heavy atom. The predicted octanol–water partition coefficient (Wildman–Crippen LogP) is 3.26. The Morgan fingerprint density at radius 1 is 1.12 bits per heavy atom. The molecule has 0 bridgehead atoms. The topological polar surface area (TPSA) is 53.1 Å². The van der Waals surface area contributed by atoms with Gasteiger partial charge in [0, 0.05) is 5.69 Å². The number of aromatic nitrogens is 1. The number of aromatic amines is 1. The van der Waals surface area contributed by atoms with Gasteiger partial charge in [-0.2, -0.15) is 0 Å². The van der Waals surface area contributed by atoms with Crippen LogP contribution in [0.25, 0.3) is 11.3 Å². The number of benzene rings is 1. The Labute approximate surface area is 99.1 Å². The lowest BCUT2D eigenvalue weighted by Gasteiger charge is -2.01. The highest BCUT2D eigenvalue weighted by molar-refractivity contribution is 5.86. The van der Waals surface area contributed by atoms with Crippen LogP contribution in [0.5, 0.6) is 0 Å². The van der Waals surface area contributed by atoms with Crippen LogP contribution in [0.3, 0.4) is 0 Å². The van der Waals surface area contributed by atoms with E-state index in [1.165, 1.54) is 18.4 Å². The summed E-state index contributed by atoms with van der Waals surface area (Å²) in [5, 5.41) is 8.84. The van der Waals surface area contributed by atoms with E-state index in [2.05, 4.69) is 17.1 Å². The number of hydrogen-bond donors (Lipinski definition) is 2. The first-order valence-electron chi connectivity index (χ1n) is 5.76. The van der Waals surface area contributed by atoms with Crippen LogP contribution in [-0.2, 0) is 0 Å². The fraction of sp³-hybridized carbons (Fsp3) is 0.214. The summed E-state index contributed by atoms with van der Waals surface area (Å²) >= 11 is 0. The second-order valence-electron chi connectivity index (χ2n) is 4.49. The van der Waals surface area contributed by atoms with E-state index in [0.717, 1.165) is 17.2 Å². The van der Waals surface area contributed by atoms with Gasteiger partial charge in [-0.05, 0) is 42.0 Å². The van der Waals surface area contributed by atoms with Crippen molar-refractivity contribution < 1.29 is 9.90 Å². The second kappa shape index (κ2) is 3.77. The first-order chi connectivity index (χ1) is 8.24. The number of carboxylic acid groups (broad SMARTS) is 1. The van der Waals surface area contributed by atoms with Gasteiger partial charge >= 0.3 is 5.97 Å². The fourth-order valence-corrected chi connectivity index (χ4v) is 2.04. The first kappa shape index (κ1) is 10.1. The molecule has 3 heteroatoms. The van der Waals surface area contributed by atoms with E-state index in [9.17, 15) is 4.79 Å². The highest BCUT2D eigenvalue weighted by Crippen LogP contribution is 2.40. The quantitative estimate of drug-likeness (QED) is 0.845. The molecule has 0 aliphatic heterocycles. The number of aromatic carboxylic acids is 1. The number of rotatable bonds is 3. The van der Waals surface area contributed by atoms with Gasteiger partial charge in [0.2, 0.25) is 0 Å². The third-order valence-electron chi connectivity index (χ3n) is 3.19. The van der Waals surface area contributed by atoms with E-state index in [0.29, 0.717) is 0 Å². The van der Waals surface area contributed by atoms with Gasteiger partial charge in [-0.1, -0.05) is 24.3 Å². The summed E-state index contributed by atoms with van der Waals surface area (Å²) in [4.78, 5) is 13.7. The molecule has 1 aromatic heterocycles. The molecule has 1 aliphatic carbocycles. The van der Waals surface area contributed by atoms with Gasteiger partial charge in [0.25, 0.3) is 0 Å². The lowest BCUT2D eigenvalue weighted by atomic mass is 10.1. The fourth-order valence-electron chi connectivity index (χ4n) is 2.04. The number of carboxylic acids is 1.